The molecule has 15 heavy (non-hydrogen) atoms. The Kier molecular flexibility index (Phi) is 2.68. The van der Waals surface area contributed by atoms with E-state index in [2.05, 4.69) is 17.0 Å². The van der Waals surface area contributed by atoms with Crippen LogP contribution in [0.1, 0.15) is 25.1 Å². The molecule has 2 atom stereocenters. The minimum atomic E-state index is -0.829. The van der Waals surface area contributed by atoms with Crippen LogP contribution < -0.4 is 0 Å². The van der Waals surface area contributed by atoms with Crippen molar-refractivity contribution in [1.82, 2.24) is 14.8 Å². The lowest BCUT2D eigenvalue weighted by Gasteiger charge is -1.94. The molecule has 1 aliphatic carbocycles. The molecule has 1 heterocycles. The highest BCUT2D eigenvalue weighted by Crippen LogP contribution is 2.45. The Bertz CT molecular complexity index is 391. The van der Waals surface area contributed by atoms with E-state index in [0.29, 0.717) is 17.0 Å². The Balaban J connectivity index is 2.05. The van der Waals surface area contributed by atoms with Crippen LogP contribution in [-0.4, -0.2) is 31.6 Å². The van der Waals surface area contributed by atoms with Crippen molar-refractivity contribution in [3.05, 3.63) is 5.82 Å². The van der Waals surface area contributed by atoms with E-state index in [0.717, 1.165) is 12.2 Å². The lowest BCUT2D eigenvalue weighted by atomic mass is 10.3. The van der Waals surface area contributed by atoms with Crippen LogP contribution in [0.4, 0.5) is 0 Å². The molecule has 1 aromatic rings. The van der Waals surface area contributed by atoms with E-state index in [1.165, 1.54) is 11.8 Å². The van der Waals surface area contributed by atoms with Gasteiger partial charge in [-0.1, -0.05) is 18.7 Å². The van der Waals surface area contributed by atoms with Crippen LogP contribution in [0, 0.1) is 5.92 Å². The second-order valence-electron chi connectivity index (χ2n) is 3.88. The third kappa shape index (κ3) is 2.31. The molecule has 0 radical (unpaired) electrons. The highest BCUT2D eigenvalue weighted by atomic mass is 32.2. The van der Waals surface area contributed by atoms with Gasteiger partial charge in [0, 0.05) is 13.0 Å². The highest BCUT2D eigenvalue weighted by molar-refractivity contribution is 7.99. The maximum absolute atomic E-state index is 10.4. The molecule has 1 N–H and O–H groups in total. The quantitative estimate of drug-likeness (QED) is 0.780. The van der Waals surface area contributed by atoms with Gasteiger partial charge in [-0.25, -0.2) is 9.67 Å². The Labute approximate surface area is 91.9 Å². The van der Waals surface area contributed by atoms with Crippen molar-refractivity contribution in [3.8, 4) is 0 Å². The minimum absolute atomic E-state index is 0.0339. The van der Waals surface area contributed by atoms with Crippen molar-refractivity contribution in [2.24, 2.45) is 13.0 Å². The zero-order chi connectivity index (χ0) is 11.0. The molecule has 6 heteroatoms. The average molecular weight is 227 g/mol. The number of aliphatic carboxylic acids is 1. The van der Waals surface area contributed by atoms with Crippen LogP contribution >= 0.6 is 11.8 Å². The van der Waals surface area contributed by atoms with Crippen LogP contribution in [0.2, 0.25) is 0 Å². The second-order valence-corrected chi connectivity index (χ2v) is 4.82. The molecule has 1 fully saturated rings. The molecule has 0 aromatic carbocycles. The predicted octanol–water partition coefficient (Wildman–Crippen LogP) is 1.12. The maximum atomic E-state index is 10.4. The molecule has 1 aromatic heterocycles. The topological polar surface area (TPSA) is 68.0 Å². The Morgan fingerprint density at radius 3 is 2.93 bits per heavy atom. The standard InChI is InChI=1S/C9H13N3O2S/c1-5-3-6(5)8-10-9(12(2)11-8)15-4-7(13)14/h5-6H,3-4H2,1-2H3,(H,13,14). The van der Waals surface area contributed by atoms with E-state index >= 15 is 0 Å². The molecule has 1 saturated carbocycles. The van der Waals surface area contributed by atoms with Gasteiger partial charge < -0.3 is 5.11 Å². The highest BCUT2D eigenvalue weighted by Gasteiger charge is 2.37. The summed E-state index contributed by atoms with van der Waals surface area (Å²) in [5.41, 5.74) is 0. The summed E-state index contributed by atoms with van der Waals surface area (Å²) in [7, 11) is 1.80. The number of thioether (sulfide) groups is 1. The second kappa shape index (κ2) is 3.84. The molecule has 0 aliphatic heterocycles. The largest absolute Gasteiger partial charge is 0.481 e. The van der Waals surface area contributed by atoms with E-state index in [4.69, 9.17) is 5.11 Å². The minimum Gasteiger partial charge on any atom is -0.481 e. The Morgan fingerprint density at radius 1 is 1.73 bits per heavy atom. The molecule has 1 aliphatic rings. The lowest BCUT2D eigenvalue weighted by molar-refractivity contribution is -0.133. The summed E-state index contributed by atoms with van der Waals surface area (Å²) in [6.45, 7) is 2.17. The van der Waals surface area contributed by atoms with Gasteiger partial charge in [0.2, 0.25) is 0 Å². The van der Waals surface area contributed by atoms with E-state index in [9.17, 15) is 4.79 Å². The van der Waals surface area contributed by atoms with Crippen LogP contribution in [0.5, 0.6) is 0 Å². The van der Waals surface area contributed by atoms with Crippen molar-refractivity contribution < 1.29 is 9.90 Å². The number of rotatable bonds is 4. The average Bonchev–Trinajstić information content (AvgIpc) is 2.75. The fourth-order valence-corrected chi connectivity index (χ4v) is 2.12. The van der Waals surface area contributed by atoms with Gasteiger partial charge in [-0.3, -0.25) is 4.79 Å². The summed E-state index contributed by atoms with van der Waals surface area (Å²) in [5.74, 6) is 1.22. The van der Waals surface area contributed by atoms with Crippen LogP contribution in [0.15, 0.2) is 5.16 Å². The first kappa shape index (κ1) is 10.5. The van der Waals surface area contributed by atoms with Gasteiger partial charge in [0.1, 0.15) is 0 Å². The summed E-state index contributed by atoms with van der Waals surface area (Å²) in [4.78, 5) is 14.8. The van der Waals surface area contributed by atoms with Crippen molar-refractivity contribution in [2.45, 2.75) is 24.4 Å². The van der Waals surface area contributed by atoms with E-state index in [-0.39, 0.29) is 5.75 Å². The third-order valence-electron chi connectivity index (χ3n) is 2.51. The number of carbonyl (C=O) groups is 1. The number of carboxylic acid groups (broad SMARTS) is 1. The molecule has 0 amide bonds. The summed E-state index contributed by atoms with van der Waals surface area (Å²) < 4.78 is 1.66. The summed E-state index contributed by atoms with van der Waals surface area (Å²) in [6.07, 6.45) is 1.15. The summed E-state index contributed by atoms with van der Waals surface area (Å²) in [6, 6.07) is 0. The fourth-order valence-electron chi connectivity index (χ4n) is 1.48. The number of aryl methyl sites for hydroxylation is 1. The van der Waals surface area contributed by atoms with E-state index in [1.54, 1.807) is 11.7 Å². The normalized spacial score (nSPS) is 24.1. The van der Waals surface area contributed by atoms with Gasteiger partial charge in [0.25, 0.3) is 0 Å². The SMILES string of the molecule is CC1CC1c1nc(SCC(=O)O)n(C)n1. The van der Waals surface area contributed by atoms with Crippen LogP contribution in [-0.2, 0) is 11.8 Å². The Hall–Kier alpha value is -1.04. The molecular formula is C9H13N3O2S. The molecule has 82 valence electrons. The van der Waals surface area contributed by atoms with Gasteiger partial charge in [-0.15, -0.1) is 0 Å². The monoisotopic (exact) mass is 227 g/mol. The number of nitrogens with zero attached hydrogens (tertiary/aromatic N) is 3. The van der Waals surface area contributed by atoms with Crippen LogP contribution in [0.3, 0.4) is 0 Å². The van der Waals surface area contributed by atoms with Gasteiger partial charge in [-0.2, -0.15) is 5.10 Å². The molecular weight excluding hydrogens is 214 g/mol. The molecule has 5 nitrogen and oxygen atoms in total. The van der Waals surface area contributed by atoms with Crippen molar-refractivity contribution in [2.75, 3.05) is 5.75 Å². The van der Waals surface area contributed by atoms with Crippen molar-refractivity contribution in [1.29, 1.82) is 0 Å². The van der Waals surface area contributed by atoms with Gasteiger partial charge in [0.05, 0.1) is 5.75 Å². The van der Waals surface area contributed by atoms with Gasteiger partial charge in [-0.05, 0) is 12.3 Å². The van der Waals surface area contributed by atoms with Gasteiger partial charge in [0.15, 0.2) is 11.0 Å². The van der Waals surface area contributed by atoms with Gasteiger partial charge >= 0.3 is 5.97 Å². The number of hydrogen-bond donors (Lipinski definition) is 1. The number of carboxylic acids is 1. The first-order chi connectivity index (χ1) is 7.08. The molecule has 0 saturated heterocycles. The van der Waals surface area contributed by atoms with E-state index in [1.807, 2.05) is 0 Å². The Morgan fingerprint density at radius 2 is 2.40 bits per heavy atom. The first-order valence-corrected chi connectivity index (χ1v) is 5.82. The van der Waals surface area contributed by atoms with Crippen LogP contribution in [0.25, 0.3) is 0 Å². The number of aromatic nitrogens is 3. The summed E-state index contributed by atoms with van der Waals surface area (Å²) in [5, 5.41) is 13.5. The maximum Gasteiger partial charge on any atom is 0.313 e. The third-order valence-corrected chi connectivity index (χ3v) is 3.51. The van der Waals surface area contributed by atoms with Crippen molar-refractivity contribution >= 4 is 17.7 Å². The molecule has 2 rings (SSSR count). The molecule has 0 spiro atoms. The van der Waals surface area contributed by atoms with Crippen molar-refractivity contribution in [3.63, 3.8) is 0 Å². The number of hydrogen-bond acceptors (Lipinski definition) is 4. The first-order valence-electron chi connectivity index (χ1n) is 4.83. The van der Waals surface area contributed by atoms with E-state index < -0.39 is 5.97 Å². The smallest absolute Gasteiger partial charge is 0.313 e. The molecule has 0 bridgehead atoms. The zero-order valence-corrected chi connectivity index (χ0v) is 9.49. The summed E-state index contributed by atoms with van der Waals surface area (Å²) >= 11 is 1.21. The zero-order valence-electron chi connectivity index (χ0n) is 8.67. The lowest BCUT2D eigenvalue weighted by Crippen LogP contribution is -2.00. The fraction of sp³-hybridized carbons (Fsp3) is 0.667. The molecule has 2 unspecified atom stereocenters. The predicted molar refractivity (Wildman–Crippen MR) is 55.9 cm³/mol.